The third kappa shape index (κ3) is 3.80. The molecule has 116 valence electrons. The SMILES string of the molecule is COc1ccc([C@H](C)NC(=O)c2ccc(Br)cc2)cc1OC. The molecule has 0 aliphatic heterocycles. The molecule has 0 unspecified atom stereocenters. The van der Waals surface area contributed by atoms with Gasteiger partial charge in [-0.1, -0.05) is 22.0 Å². The quantitative estimate of drug-likeness (QED) is 0.874. The zero-order valence-corrected chi connectivity index (χ0v) is 14.3. The maximum absolute atomic E-state index is 12.2. The normalized spacial score (nSPS) is 11.6. The third-order valence-electron chi connectivity index (χ3n) is 3.36. The molecule has 1 N–H and O–H groups in total. The highest BCUT2D eigenvalue weighted by molar-refractivity contribution is 9.10. The minimum absolute atomic E-state index is 0.116. The predicted molar refractivity (Wildman–Crippen MR) is 89.6 cm³/mol. The molecule has 0 saturated heterocycles. The predicted octanol–water partition coefficient (Wildman–Crippen LogP) is 3.96. The summed E-state index contributed by atoms with van der Waals surface area (Å²) in [6, 6.07) is 12.7. The number of rotatable bonds is 5. The molecule has 5 heteroatoms. The van der Waals surface area contributed by atoms with E-state index in [1.807, 2.05) is 37.3 Å². The minimum atomic E-state index is -0.143. The summed E-state index contributed by atoms with van der Waals surface area (Å²) in [6.07, 6.45) is 0. The van der Waals surface area contributed by atoms with Crippen LogP contribution in [0.4, 0.5) is 0 Å². The molecule has 0 aliphatic rings. The molecule has 1 amide bonds. The maximum Gasteiger partial charge on any atom is 0.251 e. The van der Waals surface area contributed by atoms with Gasteiger partial charge in [0.15, 0.2) is 11.5 Å². The first-order valence-corrected chi connectivity index (χ1v) is 7.62. The molecule has 0 fully saturated rings. The molecule has 0 spiro atoms. The topological polar surface area (TPSA) is 47.6 Å². The Bertz CT molecular complexity index is 655. The molecule has 0 radical (unpaired) electrons. The number of carbonyl (C=O) groups excluding carboxylic acids is 1. The van der Waals surface area contributed by atoms with Crippen molar-refractivity contribution in [2.75, 3.05) is 14.2 Å². The highest BCUT2D eigenvalue weighted by Crippen LogP contribution is 2.29. The van der Waals surface area contributed by atoms with Gasteiger partial charge in [0.2, 0.25) is 0 Å². The van der Waals surface area contributed by atoms with Crippen LogP contribution in [0.25, 0.3) is 0 Å². The standard InChI is InChI=1S/C17H18BrNO3/c1-11(13-6-9-15(21-2)16(10-13)22-3)19-17(20)12-4-7-14(18)8-5-12/h4-11H,1-3H3,(H,19,20)/t11-/m0/s1. The van der Waals surface area contributed by atoms with Crippen LogP contribution in [0.3, 0.4) is 0 Å². The first-order chi connectivity index (χ1) is 10.5. The molecular formula is C17H18BrNO3. The monoisotopic (exact) mass is 363 g/mol. The lowest BCUT2D eigenvalue weighted by Gasteiger charge is -2.16. The lowest BCUT2D eigenvalue weighted by molar-refractivity contribution is 0.0940. The van der Waals surface area contributed by atoms with E-state index in [1.54, 1.807) is 26.4 Å². The first-order valence-electron chi connectivity index (χ1n) is 6.83. The van der Waals surface area contributed by atoms with Gasteiger partial charge in [-0.2, -0.15) is 0 Å². The van der Waals surface area contributed by atoms with E-state index >= 15 is 0 Å². The van der Waals surface area contributed by atoms with Gasteiger partial charge in [0.1, 0.15) is 0 Å². The fourth-order valence-electron chi connectivity index (χ4n) is 2.09. The van der Waals surface area contributed by atoms with Crippen LogP contribution >= 0.6 is 15.9 Å². The highest BCUT2D eigenvalue weighted by atomic mass is 79.9. The molecule has 2 rings (SSSR count). The van der Waals surface area contributed by atoms with E-state index < -0.39 is 0 Å². The smallest absolute Gasteiger partial charge is 0.251 e. The van der Waals surface area contributed by atoms with E-state index in [0.717, 1.165) is 10.0 Å². The summed E-state index contributed by atoms with van der Waals surface area (Å²) in [5, 5.41) is 2.97. The van der Waals surface area contributed by atoms with Gasteiger partial charge in [-0.05, 0) is 48.9 Å². The van der Waals surface area contributed by atoms with Crippen LogP contribution in [0, 0.1) is 0 Å². The zero-order chi connectivity index (χ0) is 16.1. The summed E-state index contributed by atoms with van der Waals surface area (Å²) in [7, 11) is 3.18. The zero-order valence-electron chi connectivity index (χ0n) is 12.7. The summed E-state index contributed by atoms with van der Waals surface area (Å²) in [4.78, 5) is 12.2. The van der Waals surface area contributed by atoms with Gasteiger partial charge in [-0.25, -0.2) is 0 Å². The first kappa shape index (κ1) is 16.4. The summed E-state index contributed by atoms with van der Waals surface area (Å²) in [6.45, 7) is 1.93. The lowest BCUT2D eigenvalue weighted by Crippen LogP contribution is -2.26. The number of methoxy groups -OCH3 is 2. The molecule has 2 aromatic rings. The van der Waals surface area contributed by atoms with Crippen molar-refractivity contribution in [3.8, 4) is 11.5 Å². The van der Waals surface area contributed by atoms with Gasteiger partial charge in [-0.3, -0.25) is 4.79 Å². The molecule has 0 aliphatic carbocycles. The Labute approximate surface area is 138 Å². The van der Waals surface area contributed by atoms with Gasteiger partial charge in [0, 0.05) is 10.0 Å². The number of hydrogen-bond acceptors (Lipinski definition) is 3. The van der Waals surface area contributed by atoms with E-state index in [-0.39, 0.29) is 11.9 Å². The minimum Gasteiger partial charge on any atom is -0.493 e. The Balaban J connectivity index is 2.13. The van der Waals surface area contributed by atoms with E-state index in [1.165, 1.54) is 0 Å². The Morgan fingerprint density at radius 2 is 1.68 bits per heavy atom. The summed E-state index contributed by atoms with van der Waals surface area (Å²) < 4.78 is 11.4. The largest absolute Gasteiger partial charge is 0.493 e. The van der Waals surface area contributed by atoms with Gasteiger partial charge in [-0.15, -0.1) is 0 Å². The van der Waals surface area contributed by atoms with Gasteiger partial charge < -0.3 is 14.8 Å². The second-order valence-electron chi connectivity index (χ2n) is 4.82. The molecule has 2 aromatic carbocycles. The second kappa shape index (κ2) is 7.31. The van der Waals surface area contributed by atoms with Crippen LogP contribution in [-0.4, -0.2) is 20.1 Å². The summed E-state index contributed by atoms with van der Waals surface area (Å²) in [5.41, 5.74) is 1.57. The van der Waals surface area contributed by atoms with Crippen molar-refractivity contribution >= 4 is 21.8 Å². The van der Waals surface area contributed by atoms with E-state index in [2.05, 4.69) is 21.2 Å². The summed E-state index contributed by atoms with van der Waals surface area (Å²) in [5.74, 6) is 1.19. The number of halogens is 1. The van der Waals surface area contributed by atoms with Crippen molar-refractivity contribution in [1.29, 1.82) is 0 Å². The Morgan fingerprint density at radius 3 is 2.27 bits per heavy atom. The van der Waals surface area contributed by atoms with Crippen LogP contribution in [0.2, 0.25) is 0 Å². The van der Waals surface area contributed by atoms with E-state index in [4.69, 9.17) is 9.47 Å². The van der Waals surface area contributed by atoms with Gasteiger partial charge >= 0.3 is 0 Å². The van der Waals surface area contributed by atoms with Crippen molar-refractivity contribution in [3.05, 3.63) is 58.1 Å². The number of nitrogens with one attached hydrogen (secondary N) is 1. The maximum atomic E-state index is 12.2. The van der Waals surface area contributed by atoms with Gasteiger partial charge in [0.25, 0.3) is 5.91 Å². The number of benzene rings is 2. The van der Waals surface area contributed by atoms with Crippen molar-refractivity contribution in [2.45, 2.75) is 13.0 Å². The number of ether oxygens (including phenoxy) is 2. The molecule has 1 atom stereocenters. The van der Waals surface area contributed by atoms with Crippen molar-refractivity contribution in [3.63, 3.8) is 0 Å². The van der Waals surface area contributed by atoms with Crippen LogP contribution in [0.15, 0.2) is 46.9 Å². The van der Waals surface area contributed by atoms with Crippen LogP contribution in [-0.2, 0) is 0 Å². The highest BCUT2D eigenvalue weighted by Gasteiger charge is 2.13. The fraction of sp³-hybridized carbons (Fsp3) is 0.235. The van der Waals surface area contributed by atoms with Crippen molar-refractivity contribution in [2.24, 2.45) is 0 Å². The average molecular weight is 364 g/mol. The molecule has 4 nitrogen and oxygen atoms in total. The molecule has 0 bridgehead atoms. The number of carbonyl (C=O) groups is 1. The molecule has 0 saturated carbocycles. The number of hydrogen-bond donors (Lipinski definition) is 1. The van der Waals surface area contributed by atoms with Crippen LogP contribution in [0.1, 0.15) is 28.9 Å². The molecule has 0 aromatic heterocycles. The Morgan fingerprint density at radius 1 is 1.05 bits per heavy atom. The second-order valence-corrected chi connectivity index (χ2v) is 5.73. The average Bonchev–Trinajstić information content (AvgIpc) is 2.54. The molecular weight excluding hydrogens is 346 g/mol. The van der Waals surface area contributed by atoms with E-state index in [0.29, 0.717) is 17.1 Å². The fourth-order valence-corrected chi connectivity index (χ4v) is 2.35. The van der Waals surface area contributed by atoms with Crippen molar-refractivity contribution in [1.82, 2.24) is 5.32 Å². The Kier molecular flexibility index (Phi) is 5.44. The van der Waals surface area contributed by atoms with E-state index in [9.17, 15) is 4.79 Å². The van der Waals surface area contributed by atoms with Crippen LogP contribution in [0.5, 0.6) is 11.5 Å². The Hall–Kier alpha value is -2.01. The molecule has 22 heavy (non-hydrogen) atoms. The molecule has 0 heterocycles. The third-order valence-corrected chi connectivity index (χ3v) is 3.89. The van der Waals surface area contributed by atoms with Crippen LogP contribution < -0.4 is 14.8 Å². The lowest BCUT2D eigenvalue weighted by atomic mass is 10.1. The van der Waals surface area contributed by atoms with Crippen molar-refractivity contribution < 1.29 is 14.3 Å². The summed E-state index contributed by atoms with van der Waals surface area (Å²) >= 11 is 3.35. The van der Waals surface area contributed by atoms with Gasteiger partial charge in [0.05, 0.1) is 20.3 Å². The number of amides is 1.